The summed E-state index contributed by atoms with van der Waals surface area (Å²) in [4.78, 5) is 20.4. The predicted octanol–water partition coefficient (Wildman–Crippen LogP) is 5.74. The van der Waals surface area contributed by atoms with E-state index in [2.05, 4.69) is 6.58 Å². The van der Waals surface area contributed by atoms with Gasteiger partial charge in [-0.15, -0.1) is 17.9 Å². The lowest BCUT2D eigenvalue weighted by Gasteiger charge is -2.11. The minimum absolute atomic E-state index is 0.0652. The summed E-state index contributed by atoms with van der Waals surface area (Å²) in [7, 11) is 0. The summed E-state index contributed by atoms with van der Waals surface area (Å²) in [5.74, 6) is 1.48. The maximum atomic E-state index is 13.3. The average molecular weight is 447 g/mol. The Kier molecular flexibility index (Phi) is 6.63. The molecule has 4 nitrogen and oxygen atoms in total. The number of rotatable bonds is 7. The highest BCUT2D eigenvalue weighted by molar-refractivity contribution is 7.99. The van der Waals surface area contributed by atoms with Crippen molar-refractivity contribution in [1.29, 1.82) is 0 Å². The number of fused-ring (bicyclic) bond motifs is 3. The topological polar surface area (TPSA) is 44.1 Å². The van der Waals surface area contributed by atoms with Crippen LogP contribution >= 0.6 is 34.7 Å². The van der Waals surface area contributed by atoms with Crippen LogP contribution in [0, 0.1) is 0 Å². The molecule has 1 aliphatic carbocycles. The van der Waals surface area contributed by atoms with E-state index in [-0.39, 0.29) is 5.56 Å². The van der Waals surface area contributed by atoms with Gasteiger partial charge >= 0.3 is 0 Å². The lowest BCUT2D eigenvalue weighted by molar-refractivity contribution is 0.344. The number of aromatic nitrogens is 2. The van der Waals surface area contributed by atoms with E-state index >= 15 is 0 Å². The van der Waals surface area contributed by atoms with Crippen LogP contribution in [0.5, 0.6) is 5.75 Å². The minimum Gasteiger partial charge on any atom is -0.493 e. The summed E-state index contributed by atoms with van der Waals surface area (Å²) >= 11 is 9.15. The number of nitrogens with zero attached hydrogens (tertiary/aromatic N) is 2. The summed E-state index contributed by atoms with van der Waals surface area (Å²) in [6.07, 6.45) is 7.39. The van der Waals surface area contributed by atoms with Crippen LogP contribution in [0.2, 0.25) is 5.02 Å². The van der Waals surface area contributed by atoms with Crippen LogP contribution in [0.4, 0.5) is 0 Å². The lowest BCUT2D eigenvalue weighted by Crippen LogP contribution is -2.23. The Bertz CT molecular complexity index is 1070. The predicted molar refractivity (Wildman–Crippen MR) is 123 cm³/mol. The minimum atomic E-state index is 0.0652. The fraction of sp³-hybridized carbons (Fsp3) is 0.364. The van der Waals surface area contributed by atoms with Crippen LogP contribution < -0.4 is 10.3 Å². The van der Waals surface area contributed by atoms with Gasteiger partial charge in [-0.05, 0) is 55.5 Å². The van der Waals surface area contributed by atoms with Gasteiger partial charge in [0.1, 0.15) is 10.6 Å². The van der Waals surface area contributed by atoms with Gasteiger partial charge in [-0.1, -0.05) is 35.9 Å². The zero-order valence-corrected chi connectivity index (χ0v) is 18.5. The number of ether oxygens (including phenoxy) is 1. The van der Waals surface area contributed by atoms with E-state index in [1.54, 1.807) is 33.7 Å². The van der Waals surface area contributed by atoms with Crippen LogP contribution in [-0.2, 0) is 19.4 Å². The molecule has 7 heteroatoms. The molecule has 1 aromatic carbocycles. The van der Waals surface area contributed by atoms with Gasteiger partial charge in [0, 0.05) is 22.2 Å². The first kappa shape index (κ1) is 20.5. The smallest absolute Gasteiger partial charge is 0.263 e. The van der Waals surface area contributed by atoms with Crippen molar-refractivity contribution in [2.45, 2.75) is 43.8 Å². The molecule has 29 heavy (non-hydrogen) atoms. The molecule has 0 amide bonds. The van der Waals surface area contributed by atoms with E-state index in [1.807, 2.05) is 24.3 Å². The number of halogens is 1. The Labute approximate surface area is 183 Å². The van der Waals surface area contributed by atoms with Gasteiger partial charge in [0.05, 0.1) is 12.0 Å². The number of hydrogen-bond acceptors (Lipinski definition) is 5. The zero-order chi connectivity index (χ0) is 20.2. The molecule has 0 radical (unpaired) electrons. The molecule has 0 unspecified atom stereocenters. The van der Waals surface area contributed by atoms with Gasteiger partial charge in [0.25, 0.3) is 5.56 Å². The maximum Gasteiger partial charge on any atom is 0.263 e. The summed E-state index contributed by atoms with van der Waals surface area (Å²) in [5.41, 5.74) is 1.30. The van der Waals surface area contributed by atoms with Crippen LogP contribution in [0.25, 0.3) is 10.2 Å². The van der Waals surface area contributed by atoms with Crippen molar-refractivity contribution in [3.05, 3.63) is 62.7 Å². The van der Waals surface area contributed by atoms with E-state index in [1.165, 1.54) is 23.3 Å². The molecule has 2 aromatic heterocycles. The molecular weight excluding hydrogens is 424 g/mol. The molecule has 2 heterocycles. The highest BCUT2D eigenvalue weighted by Gasteiger charge is 2.21. The number of benzene rings is 1. The number of thioether (sulfide) groups is 1. The molecule has 0 aliphatic heterocycles. The van der Waals surface area contributed by atoms with Crippen LogP contribution in [0.15, 0.2) is 46.9 Å². The van der Waals surface area contributed by atoms with Gasteiger partial charge in [0.15, 0.2) is 5.16 Å². The third-order valence-electron chi connectivity index (χ3n) is 5.00. The van der Waals surface area contributed by atoms with Crippen molar-refractivity contribution >= 4 is 44.9 Å². The van der Waals surface area contributed by atoms with Crippen molar-refractivity contribution in [2.75, 3.05) is 12.4 Å². The maximum absolute atomic E-state index is 13.3. The molecule has 0 fully saturated rings. The molecular formula is C22H23ClN2O2S2. The first-order chi connectivity index (χ1) is 14.2. The second kappa shape index (κ2) is 9.37. The highest BCUT2D eigenvalue weighted by atomic mass is 35.5. The Balaban J connectivity index is 1.56. The molecule has 3 aromatic rings. The molecule has 1 aliphatic rings. The molecule has 0 spiro atoms. The van der Waals surface area contributed by atoms with Crippen LogP contribution in [0.3, 0.4) is 0 Å². The van der Waals surface area contributed by atoms with Crippen molar-refractivity contribution in [1.82, 2.24) is 9.55 Å². The standard InChI is InChI=1S/C22H23ClN2O2S2/c1-2-12-25-21(26)19-17-6-4-3-5-7-18(17)29-20(19)24-22(25)28-14-13-27-16-10-8-15(23)9-11-16/h2,8-11H,1,3-7,12-14H2. The van der Waals surface area contributed by atoms with E-state index in [4.69, 9.17) is 21.3 Å². The second-order valence-corrected chi connectivity index (χ2v) is 9.58. The fourth-order valence-electron chi connectivity index (χ4n) is 3.62. The van der Waals surface area contributed by atoms with Crippen molar-refractivity contribution < 1.29 is 4.74 Å². The van der Waals surface area contributed by atoms with Gasteiger partial charge in [-0.2, -0.15) is 0 Å². The van der Waals surface area contributed by atoms with E-state index in [0.29, 0.717) is 23.9 Å². The van der Waals surface area contributed by atoms with E-state index in [9.17, 15) is 4.79 Å². The first-order valence-corrected chi connectivity index (χ1v) is 12.0. The van der Waals surface area contributed by atoms with Crippen LogP contribution in [-0.4, -0.2) is 21.9 Å². The average Bonchev–Trinajstić information content (AvgIpc) is 2.90. The second-order valence-electron chi connectivity index (χ2n) is 6.99. The van der Waals surface area contributed by atoms with E-state index in [0.717, 1.165) is 40.4 Å². The number of thiophene rings is 1. The highest BCUT2D eigenvalue weighted by Crippen LogP contribution is 2.34. The summed E-state index contributed by atoms with van der Waals surface area (Å²) < 4.78 is 7.52. The van der Waals surface area contributed by atoms with Crippen molar-refractivity contribution in [2.24, 2.45) is 0 Å². The van der Waals surface area contributed by atoms with Gasteiger partial charge in [-0.25, -0.2) is 4.98 Å². The summed E-state index contributed by atoms with van der Waals surface area (Å²) in [6.45, 7) is 4.81. The molecule has 0 N–H and O–H groups in total. The quantitative estimate of drug-likeness (QED) is 0.153. The Morgan fingerprint density at radius 1 is 1.24 bits per heavy atom. The molecule has 0 atom stereocenters. The Morgan fingerprint density at radius 2 is 2.03 bits per heavy atom. The Hall–Kier alpha value is -1.76. The third-order valence-corrected chi connectivity index (χ3v) is 7.38. The molecule has 0 saturated carbocycles. The monoisotopic (exact) mass is 446 g/mol. The normalized spacial score (nSPS) is 13.8. The fourth-order valence-corrected chi connectivity index (χ4v) is 5.87. The molecule has 4 rings (SSSR count). The Morgan fingerprint density at radius 3 is 2.83 bits per heavy atom. The largest absolute Gasteiger partial charge is 0.493 e. The lowest BCUT2D eigenvalue weighted by atomic mass is 10.1. The van der Waals surface area contributed by atoms with E-state index < -0.39 is 0 Å². The summed E-state index contributed by atoms with van der Waals surface area (Å²) in [6, 6.07) is 7.32. The SMILES string of the molecule is C=CCn1c(SCCOc2ccc(Cl)cc2)nc2sc3c(c2c1=O)CCCCC3. The number of hydrogen-bond donors (Lipinski definition) is 0. The molecule has 0 saturated heterocycles. The molecule has 0 bridgehead atoms. The van der Waals surface area contributed by atoms with Crippen molar-refractivity contribution in [3.8, 4) is 5.75 Å². The van der Waals surface area contributed by atoms with Gasteiger partial charge in [0.2, 0.25) is 0 Å². The van der Waals surface area contributed by atoms with Crippen LogP contribution in [0.1, 0.15) is 29.7 Å². The molecule has 152 valence electrons. The van der Waals surface area contributed by atoms with Gasteiger partial charge < -0.3 is 4.74 Å². The zero-order valence-electron chi connectivity index (χ0n) is 16.2. The first-order valence-electron chi connectivity index (χ1n) is 9.84. The third kappa shape index (κ3) is 4.55. The summed E-state index contributed by atoms with van der Waals surface area (Å²) in [5, 5.41) is 2.25. The number of allylic oxidation sites excluding steroid dienone is 1. The van der Waals surface area contributed by atoms with Gasteiger partial charge in [-0.3, -0.25) is 9.36 Å². The van der Waals surface area contributed by atoms with Crippen molar-refractivity contribution in [3.63, 3.8) is 0 Å². The number of aryl methyl sites for hydroxylation is 2.